The van der Waals surface area contributed by atoms with E-state index in [1.165, 1.54) is 24.3 Å². The molecule has 3 N–H and O–H groups in total. The van der Waals surface area contributed by atoms with Gasteiger partial charge in [-0.2, -0.15) is 13.2 Å². The van der Waals surface area contributed by atoms with Gasteiger partial charge in [0, 0.05) is 18.3 Å². The first kappa shape index (κ1) is 17.7. The highest BCUT2D eigenvalue weighted by molar-refractivity contribution is 5.89. The number of alkyl halides is 3. The monoisotopic (exact) mass is 343 g/mol. The first-order chi connectivity index (χ1) is 11.3. The van der Waals surface area contributed by atoms with Crippen molar-refractivity contribution in [3.05, 3.63) is 36.2 Å². The highest BCUT2D eigenvalue weighted by Gasteiger charge is 2.36. The molecular formula is C14H16F3N5O2. The lowest BCUT2D eigenvalue weighted by molar-refractivity contribution is -0.142. The zero-order chi connectivity index (χ0) is 17.7. The van der Waals surface area contributed by atoms with Crippen LogP contribution in [0.25, 0.3) is 5.69 Å². The molecule has 7 nitrogen and oxygen atoms in total. The average Bonchev–Trinajstić information content (AvgIpc) is 2.97. The van der Waals surface area contributed by atoms with Crippen LogP contribution in [0.15, 0.2) is 30.5 Å². The van der Waals surface area contributed by atoms with Gasteiger partial charge in [0.2, 0.25) is 0 Å². The molecule has 0 radical (unpaired) electrons. The number of benzene rings is 1. The zero-order valence-electron chi connectivity index (χ0n) is 12.7. The van der Waals surface area contributed by atoms with Crippen LogP contribution >= 0.6 is 0 Å². The molecule has 0 aliphatic heterocycles. The molecule has 0 unspecified atom stereocenters. The lowest BCUT2D eigenvalue weighted by atomic mass is 10.2. The van der Waals surface area contributed by atoms with Crippen molar-refractivity contribution in [3.63, 3.8) is 0 Å². The maximum Gasteiger partial charge on any atom is 0.435 e. The molecule has 2 amide bonds. The van der Waals surface area contributed by atoms with Crippen molar-refractivity contribution >= 4 is 11.7 Å². The third kappa shape index (κ3) is 4.44. The van der Waals surface area contributed by atoms with E-state index in [1.807, 2.05) is 0 Å². The molecule has 0 aliphatic rings. The lowest BCUT2D eigenvalue weighted by Gasteiger charge is -2.14. The van der Waals surface area contributed by atoms with Gasteiger partial charge < -0.3 is 15.7 Å². The van der Waals surface area contributed by atoms with Crippen LogP contribution in [-0.2, 0) is 6.18 Å². The SMILES string of the molecule is C[C@H](CCO)NC(=O)Nc1ccc(-n2nncc2C(F)(F)F)cc1. The Bertz CT molecular complexity index is 684. The number of anilines is 1. The molecule has 1 atom stereocenters. The predicted molar refractivity (Wildman–Crippen MR) is 79.7 cm³/mol. The summed E-state index contributed by atoms with van der Waals surface area (Å²) in [5.41, 5.74) is -0.417. The highest BCUT2D eigenvalue weighted by atomic mass is 19.4. The molecule has 10 heteroatoms. The maximum atomic E-state index is 12.8. The molecule has 2 aromatic rings. The van der Waals surface area contributed by atoms with Gasteiger partial charge in [-0.25, -0.2) is 9.48 Å². The topological polar surface area (TPSA) is 92.1 Å². The number of halogens is 3. The molecule has 24 heavy (non-hydrogen) atoms. The number of hydrogen-bond donors (Lipinski definition) is 3. The van der Waals surface area contributed by atoms with Crippen LogP contribution in [0.5, 0.6) is 0 Å². The van der Waals surface area contributed by atoms with Crippen LogP contribution in [0.2, 0.25) is 0 Å². The first-order valence-electron chi connectivity index (χ1n) is 7.08. The minimum atomic E-state index is -4.57. The van der Waals surface area contributed by atoms with Gasteiger partial charge in [-0.15, -0.1) is 5.10 Å². The average molecular weight is 343 g/mol. The van der Waals surface area contributed by atoms with Crippen LogP contribution in [0.3, 0.4) is 0 Å². The summed E-state index contributed by atoms with van der Waals surface area (Å²) in [6, 6.07) is 4.99. The van der Waals surface area contributed by atoms with E-state index in [9.17, 15) is 18.0 Å². The number of carbonyl (C=O) groups is 1. The zero-order valence-corrected chi connectivity index (χ0v) is 12.7. The Hall–Kier alpha value is -2.62. The van der Waals surface area contributed by atoms with Gasteiger partial charge >= 0.3 is 12.2 Å². The summed E-state index contributed by atoms with van der Waals surface area (Å²) in [6.07, 6.45) is -3.51. The highest BCUT2D eigenvalue weighted by Crippen LogP contribution is 2.30. The fourth-order valence-electron chi connectivity index (χ4n) is 1.96. The van der Waals surface area contributed by atoms with Crippen LogP contribution in [0, 0.1) is 0 Å². The van der Waals surface area contributed by atoms with E-state index >= 15 is 0 Å². The van der Waals surface area contributed by atoms with Gasteiger partial charge in [0.1, 0.15) is 0 Å². The summed E-state index contributed by atoms with van der Waals surface area (Å²) in [5, 5.41) is 20.6. The minimum absolute atomic E-state index is 0.0460. The van der Waals surface area contributed by atoms with Gasteiger partial charge in [-0.3, -0.25) is 0 Å². The Morgan fingerprint density at radius 1 is 1.33 bits per heavy atom. The van der Waals surface area contributed by atoms with Gasteiger partial charge in [0.05, 0.1) is 11.9 Å². The fraction of sp³-hybridized carbons (Fsp3) is 0.357. The molecule has 0 spiro atoms. The molecule has 0 saturated heterocycles. The van der Waals surface area contributed by atoms with Crippen molar-refractivity contribution in [2.24, 2.45) is 0 Å². The number of urea groups is 1. The second-order valence-electron chi connectivity index (χ2n) is 5.09. The summed E-state index contributed by atoms with van der Waals surface area (Å²) in [5.74, 6) is 0. The van der Waals surface area contributed by atoms with E-state index < -0.39 is 17.9 Å². The van der Waals surface area contributed by atoms with Gasteiger partial charge in [-0.1, -0.05) is 5.21 Å². The molecule has 0 fully saturated rings. The van der Waals surface area contributed by atoms with Gasteiger partial charge in [0.25, 0.3) is 0 Å². The summed E-state index contributed by atoms with van der Waals surface area (Å²) >= 11 is 0. The van der Waals surface area contributed by atoms with Crippen molar-refractivity contribution < 1.29 is 23.1 Å². The normalized spacial score (nSPS) is 12.7. The predicted octanol–water partition coefficient (Wildman–Crippen LogP) is 2.18. The fourth-order valence-corrected chi connectivity index (χ4v) is 1.96. The Morgan fingerprint density at radius 2 is 2.00 bits per heavy atom. The van der Waals surface area contributed by atoms with E-state index in [2.05, 4.69) is 20.9 Å². The summed E-state index contributed by atoms with van der Waals surface area (Å²) < 4.78 is 39.1. The molecule has 2 rings (SSSR count). The van der Waals surface area contributed by atoms with Crippen LogP contribution in [0.1, 0.15) is 19.0 Å². The molecular weight excluding hydrogens is 327 g/mol. The molecule has 1 aromatic heterocycles. The van der Waals surface area contributed by atoms with Crippen LogP contribution in [0.4, 0.5) is 23.7 Å². The van der Waals surface area contributed by atoms with E-state index in [4.69, 9.17) is 5.11 Å². The number of rotatable bonds is 5. The quantitative estimate of drug-likeness (QED) is 0.776. The Labute approximate surface area is 135 Å². The summed E-state index contributed by atoms with van der Waals surface area (Å²) in [7, 11) is 0. The second-order valence-corrected chi connectivity index (χ2v) is 5.09. The van der Waals surface area contributed by atoms with Crippen molar-refractivity contribution in [2.45, 2.75) is 25.6 Å². The number of carbonyl (C=O) groups excluding carboxylic acids is 1. The van der Waals surface area contributed by atoms with E-state index in [1.54, 1.807) is 6.92 Å². The molecule has 1 aromatic carbocycles. The first-order valence-corrected chi connectivity index (χ1v) is 7.08. The maximum absolute atomic E-state index is 12.8. The van der Waals surface area contributed by atoms with E-state index in [0.29, 0.717) is 23.0 Å². The summed E-state index contributed by atoms with van der Waals surface area (Å²) in [4.78, 5) is 11.7. The summed E-state index contributed by atoms with van der Waals surface area (Å²) in [6.45, 7) is 1.69. The Morgan fingerprint density at radius 3 is 2.58 bits per heavy atom. The number of nitrogens with one attached hydrogen (secondary N) is 2. The van der Waals surface area contributed by atoms with Crippen molar-refractivity contribution in [1.82, 2.24) is 20.3 Å². The number of aliphatic hydroxyl groups excluding tert-OH is 1. The number of amides is 2. The van der Waals surface area contributed by atoms with Gasteiger partial charge in [0.15, 0.2) is 5.69 Å². The Kier molecular flexibility index (Phi) is 5.39. The molecule has 0 aliphatic carbocycles. The number of aliphatic hydroxyl groups is 1. The van der Waals surface area contributed by atoms with Crippen molar-refractivity contribution in [3.8, 4) is 5.69 Å². The number of hydrogen-bond acceptors (Lipinski definition) is 4. The standard InChI is InChI=1S/C14H16F3N5O2/c1-9(6-7-23)19-13(24)20-10-2-4-11(5-3-10)22-12(8-18-21-22)14(15,16)17/h2-5,8-9,23H,6-7H2,1H3,(H2,19,20,24)/t9-/m1/s1. The van der Waals surface area contributed by atoms with Crippen molar-refractivity contribution in [2.75, 3.05) is 11.9 Å². The number of nitrogens with zero attached hydrogens (tertiary/aromatic N) is 3. The molecule has 0 saturated carbocycles. The van der Waals surface area contributed by atoms with Crippen LogP contribution < -0.4 is 10.6 Å². The Balaban J connectivity index is 2.06. The molecule has 0 bridgehead atoms. The van der Waals surface area contributed by atoms with E-state index in [0.717, 1.165) is 0 Å². The van der Waals surface area contributed by atoms with Crippen LogP contribution in [-0.4, -0.2) is 38.8 Å². The smallest absolute Gasteiger partial charge is 0.396 e. The largest absolute Gasteiger partial charge is 0.435 e. The van der Waals surface area contributed by atoms with Gasteiger partial charge in [-0.05, 0) is 37.6 Å². The third-order valence-corrected chi connectivity index (χ3v) is 3.15. The van der Waals surface area contributed by atoms with E-state index in [-0.39, 0.29) is 18.3 Å². The lowest BCUT2D eigenvalue weighted by Crippen LogP contribution is -2.36. The third-order valence-electron chi connectivity index (χ3n) is 3.15. The minimum Gasteiger partial charge on any atom is -0.396 e. The van der Waals surface area contributed by atoms with Crippen molar-refractivity contribution in [1.29, 1.82) is 0 Å². The number of aromatic nitrogens is 3. The molecule has 130 valence electrons. The second kappa shape index (κ2) is 7.30. The molecule has 1 heterocycles.